The topological polar surface area (TPSA) is 75.4 Å². The van der Waals surface area contributed by atoms with Gasteiger partial charge in [0, 0.05) is 36.5 Å². The zero-order valence-electron chi connectivity index (χ0n) is 15.0. The van der Waals surface area contributed by atoms with Gasteiger partial charge in [0.2, 0.25) is 5.91 Å². The smallest absolute Gasteiger partial charge is 0.273 e. The van der Waals surface area contributed by atoms with Gasteiger partial charge in [-0.05, 0) is 51.4 Å². The van der Waals surface area contributed by atoms with E-state index in [2.05, 4.69) is 24.3 Å². The maximum Gasteiger partial charge on any atom is 0.273 e. The molecule has 6 heteroatoms. The highest BCUT2D eigenvalue weighted by Gasteiger charge is 2.38. The van der Waals surface area contributed by atoms with Gasteiger partial charge in [0.05, 0.1) is 0 Å². The number of carbonyl (C=O) groups excluding carboxylic acids is 2. The molecule has 1 saturated heterocycles. The van der Waals surface area contributed by atoms with E-state index in [9.17, 15) is 9.59 Å². The van der Waals surface area contributed by atoms with E-state index in [4.69, 9.17) is 4.52 Å². The largest absolute Gasteiger partial charge is 0.360 e. The van der Waals surface area contributed by atoms with Crippen LogP contribution in [0.5, 0.6) is 0 Å². The number of nitrogens with one attached hydrogen (secondary N) is 1. The number of amides is 2. The van der Waals surface area contributed by atoms with E-state index in [1.165, 1.54) is 0 Å². The van der Waals surface area contributed by atoms with Gasteiger partial charge in [-0.15, -0.1) is 0 Å². The van der Waals surface area contributed by atoms with Crippen LogP contribution in [0.1, 0.15) is 74.5 Å². The molecule has 2 aliphatic carbocycles. The number of likely N-dealkylation sites (tertiary alicyclic amines) is 1. The zero-order valence-corrected chi connectivity index (χ0v) is 15.0. The van der Waals surface area contributed by atoms with Crippen molar-refractivity contribution in [3.63, 3.8) is 0 Å². The van der Waals surface area contributed by atoms with E-state index < -0.39 is 0 Å². The Morgan fingerprint density at radius 1 is 1.20 bits per heavy atom. The summed E-state index contributed by atoms with van der Waals surface area (Å²) >= 11 is 0. The molecule has 0 bridgehead atoms. The third-order valence-corrected chi connectivity index (χ3v) is 5.96. The van der Waals surface area contributed by atoms with Crippen LogP contribution >= 0.6 is 0 Å². The Bertz CT molecular complexity index is 661. The highest BCUT2D eigenvalue weighted by molar-refractivity contribution is 5.92. The third kappa shape index (κ3) is 3.44. The van der Waals surface area contributed by atoms with Gasteiger partial charge in [-0.3, -0.25) is 9.59 Å². The van der Waals surface area contributed by atoms with Crippen molar-refractivity contribution in [3.8, 4) is 0 Å². The van der Waals surface area contributed by atoms with Gasteiger partial charge in [0.1, 0.15) is 5.76 Å². The van der Waals surface area contributed by atoms with E-state index in [1.807, 2.05) is 4.90 Å². The SMILES string of the molecule is CC1CC(C(=O)N2CCC(NC(=O)c3cc(C4CC4)on3)C[C@@H]2C)C1. The van der Waals surface area contributed by atoms with Crippen LogP contribution < -0.4 is 5.32 Å². The lowest BCUT2D eigenvalue weighted by atomic mass is 9.75. The number of hydrogen-bond acceptors (Lipinski definition) is 4. The molecular weight excluding hydrogens is 318 g/mol. The fourth-order valence-corrected chi connectivity index (χ4v) is 4.19. The van der Waals surface area contributed by atoms with Crippen LogP contribution in [-0.2, 0) is 4.79 Å². The summed E-state index contributed by atoms with van der Waals surface area (Å²) in [5.74, 6) is 2.33. The average Bonchev–Trinajstić information content (AvgIpc) is 3.28. The van der Waals surface area contributed by atoms with E-state index in [0.29, 0.717) is 23.4 Å². The highest BCUT2D eigenvalue weighted by atomic mass is 16.5. The first-order valence-corrected chi connectivity index (χ1v) is 9.59. The van der Waals surface area contributed by atoms with E-state index in [-0.39, 0.29) is 23.9 Å². The Morgan fingerprint density at radius 3 is 2.60 bits per heavy atom. The monoisotopic (exact) mass is 345 g/mol. The van der Waals surface area contributed by atoms with Crippen LogP contribution in [0.25, 0.3) is 0 Å². The molecule has 1 aromatic rings. The molecule has 3 fully saturated rings. The molecule has 1 aromatic heterocycles. The fourth-order valence-electron chi connectivity index (χ4n) is 4.19. The third-order valence-electron chi connectivity index (χ3n) is 5.96. The van der Waals surface area contributed by atoms with Crippen LogP contribution in [0.2, 0.25) is 0 Å². The summed E-state index contributed by atoms with van der Waals surface area (Å²) in [6, 6.07) is 2.03. The lowest BCUT2D eigenvalue weighted by Gasteiger charge is -2.42. The van der Waals surface area contributed by atoms with Crippen molar-refractivity contribution in [2.24, 2.45) is 11.8 Å². The van der Waals surface area contributed by atoms with Crippen molar-refractivity contribution in [2.45, 2.75) is 70.4 Å². The van der Waals surface area contributed by atoms with Gasteiger partial charge in [0.25, 0.3) is 5.91 Å². The van der Waals surface area contributed by atoms with Crippen molar-refractivity contribution in [2.75, 3.05) is 6.54 Å². The molecule has 1 unspecified atom stereocenters. The molecule has 0 spiro atoms. The summed E-state index contributed by atoms with van der Waals surface area (Å²) in [5.41, 5.74) is 0.372. The molecule has 1 aliphatic heterocycles. The first-order valence-electron chi connectivity index (χ1n) is 9.59. The van der Waals surface area contributed by atoms with E-state index >= 15 is 0 Å². The summed E-state index contributed by atoms with van der Waals surface area (Å²) in [7, 11) is 0. The van der Waals surface area contributed by atoms with Crippen molar-refractivity contribution in [1.29, 1.82) is 0 Å². The molecule has 1 N–H and O–H groups in total. The molecule has 2 saturated carbocycles. The van der Waals surface area contributed by atoms with E-state index in [0.717, 1.165) is 50.8 Å². The van der Waals surface area contributed by atoms with Crippen molar-refractivity contribution < 1.29 is 14.1 Å². The average molecular weight is 345 g/mol. The first kappa shape index (κ1) is 16.6. The number of carbonyl (C=O) groups is 2. The molecule has 25 heavy (non-hydrogen) atoms. The summed E-state index contributed by atoms with van der Waals surface area (Å²) in [4.78, 5) is 27.0. The summed E-state index contributed by atoms with van der Waals surface area (Å²) in [5, 5.41) is 6.97. The Balaban J connectivity index is 1.29. The molecule has 6 nitrogen and oxygen atoms in total. The Kier molecular flexibility index (Phi) is 4.29. The number of hydrogen-bond donors (Lipinski definition) is 1. The Hall–Kier alpha value is -1.85. The summed E-state index contributed by atoms with van der Waals surface area (Å²) in [6.07, 6.45) is 5.90. The normalized spacial score (nSPS) is 32.2. The number of rotatable bonds is 4. The second-order valence-corrected chi connectivity index (χ2v) is 8.24. The van der Waals surface area contributed by atoms with Gasteiger partial charge >= 0.3 is 0 Å². The summed E-state index contributed by atoms with van der Waals surface area (Å²) in [6.45, 7) is 5.01. The number of nitrogens with zero attached hydrogens (tertiary/aromatic N) is 2. The van der Waals surface area contributed by atoms with E-state index in [1.54, 1.807) is 6.07 Å². The summed E-state index contributed by atoms with van der Waals surface area (Å²) < 4.78 is 5.26. The van der Waals surface area contributed by atoms with Gasteiger partial charge in [0.15, 0.2) is 5.69 Å². The minimum Gasteiger partial charge on any atom is -0.360 e. The predicted molar refractivity (Wildman–Crippen MR) is 92.0 cm³/mol. The molecule has 136 valence electrons. The molecule has 2 amide bonds. The van der Waals surface area contributed by atoms with Crippen molar-refractivity contribution in [3.05, 3.63) is 17.5 Å². The lowest BCUT2D eigenvalue weighted by Crippen LogP contribution is -2.53. The van der Waals surface area contributed by atoms with Crippen LogP contribution in [0, 0.1) is 11.8 Å². The van der Waals surface area contributed by atoms with Gasteiger partial charge < -0.3 is 14.7 Å². The van der Waals surface area contributed by atoms with Gasteiger partial charge in [-0.1, -0.05) is 12.1 Å². The second-order valence-electron chi connectivity index (χ2n) is 8.24. The highest BCUT2D eigenvalue weighted by Crippen LogP contribution is 2.40. The second kappa shape index (κ2) is 6.46. The predicted octanol–water partition coefficient (Wildman–Crippen LogP) is 2.71. The molecule has 2 atom stereocenters. The quantitative estimate of drug-likeness (QED) is 0.910. The van der Waals surface area contributed by atoms with Crippen LogP contribution in [-0.4, -0.2) is 40.5 Å². The Morgan fingerprint density at radius 2 is 1.96 bits per heavy atom. The number of piperidine rings is 1. The zero-order chi connectivity index (χ0) is 17.6. The lowest BCUT2D eigenvalue weighted by molar-refractivity contribution is -0.143. The van der Waals surface area contributed by atoms with Crippen LogP contribution in [0.4, 0.5) is 0 Å². The Labute approximate surface area is 148 Å². The maximum atomic E-state index is 12.6. The van der Waals surface area contributed by atoms with Gasteiger partial charge in [-0.2, -0.15) is 0 Å². The standard InChI is InChI=1S/C19H27N3O3/c1-11-7-14(8-11)19(24)22-6-5-15(9-12(22)2)20-18(23)16-10-17(25-21-16)13-3-4-13/h10-15H,3-9H2,1-2H3,(H,20,23)/t11?,12-,14?,15?/m0/s1. The molecule has 0 aromatic carbocycles. The number of aromatic nitrogens is 1. The van der Waals surface area contributed by atoms with Gasteiger partial charge in [-0.25, -0.2) is 0 Å². The maximum absolute atomic E-state index is 12.6. The molecular formula is C19H27N3O3. The van der Waals surface area contributed by atoms with Crippen molar-refractivity contribution >= 4 is 11.8 Å². The van der Waals surface area contributed by atoms with Crippen LogP contribution in [0.3, 0.4) is 0 Å². The molecule has 4 rings (SSSR count). The molecule has 2 heterocycles. The molecule has 3 aliphatic rings. The van der Waals surface area contributed by atoms with Crippen LogP contribution in [0.15, 0.2) is 10.6 Å². The minimum absolute atomic E-state index is 0.0907. The van der Waals surface area contributed by atoms with Crippen molar-refractivity contribution in [1.82, 2.24) is 15.4 Å². The molecule has 0 radical (unpaired) electrons. The first-order chi connectivity index (χ1) is 12.0. The minimum atomic E-state index is -0.166. The fraction of sp³-hybridized carbons (Fsp3) is 0.737.